The molecule has 0 bridgehead atoms. The van der Waals surface area contributed by atoms with Crippen molar-refractivity contribution in [3.8, 4) is 11.5 Å². The van der Waals surface area contributed by atoms with E-state index < -0.39 is 20.7 Å². The summed E-state index contributed by atoms with van der Waals surface area (Å²) in [6.07, 6.45) is 1.88. The van der Waals surface area contributed by atoms with Gasteiger partial charge < -0.3 is 15.2 Å². The summed E-state index contributed by atoms with van der Waals surface area (Å²) in [6, 6.07) is 1.83. The number of rotatable bonds is 7. The lowest BCUT2D eigenvalue weighted by Gasteiger charge is -2.26. The summed E-state index contributed by atoms with van der Waals surface area (Å²) < 4.78 is 50.8. The lowest BCUT2D eigenvalue weighted by atomic mass is 10.2. The maximum Gasteiger partial charge on any atom is 0.246 e. The van der Waals surface area contributed by atoms with Gasteiger partial charge in [0, 0.05) is 31.8 Å². The topological polar surface area (TPSA) is 81.9 Å². The van der Waals surface area contributed by atoms with Crippen molar-refractivity contribution in [3.05, 3.63) is 17.9 Å². The Morgan fingerprint density at radius 3 is 2.26 bits per heavy atom. The van der Waals surface area contributed by atoms with E-state index in [2.05, 4.69) is 0 Å². The molecule has 132 valence electrons. The number of likely N-dealkylation sites (N-methyl/N-ethyl adjacent to an activating group) is 1. The van der Waals surface area contributed by atoms with Crippen molar-refractivity contribution in [2.45, 2.75) is 23.8 Å². The maximum atomic E-state index is 14.2. The normalized spacial score (nSPS) is 15.9. The Morgan fingerprint density at radius 2 is 1.83 bits per heavy atom. The minimum atomic E-state index is -4.00. The molecule has 23 heavy (non-hydrogen) atoms. The standard InChI is InChI=1S/C14H21FN2O4S.ClH/c1-17(11(8-16)9-4-5-9)22(18,19)14-7-13(21-3)12(20-2)6-10(14)15;/h6-7,9,11H,4-5,8,16H2,1-3H3;1H. The number of benzene rings is 1. The molecule has 1 aromatic carbocycles. The van der Waals surface area contributed by atoms with E-state index in [4.69, 9.17) is 15.2 Å². The van der Waals surface area contributed by atoms with Crippen molar-refractivity contribution in [1.29, 1.82) is 0 Å². The molecule has 0 spiro atoms. The third-order valence-electron chi connectivity index (χ3n) is 3.97. The van der Waals surface area contributed by atoms with Gasteiger partial charge in [0.05, 0.1) is 14.2 Å². The third kappa shape index (κ3) is 3.88. The molecule has 1 saturated carbocycles. The molecule has 0 aliphatic heterocycles. The van der Waals surface area contributed by atoms with Gasteiger partial charge in [-0.2, -0.15) is 4.31 Å². The maximum absolute atomic E-state index is 14.2. The molecule has 6 nitrogen and oxygen atoms in total. The van der Waals surface area contributed by atoms with Crippen LogP contribution in [0.4, 0.5) is 4.39 Å². The molecule has 0 aromatic heterocycles. The van der Waals surface area contributed by atoms with E-state index in [0.717, 1.165) is 29.3 Å². The van der Waals surface area contributed by atoms with Gasteiger partial charge in [0.1, 0.15) is 10.7 Å². The van der Waals surface area contributed by atoms with Crippen LogP contribution < -0.4 is 15.2 Å². The summed E-state index contributed by atoms with van der Waals surface area (Å²) >= 11 is 0. The third-order valence-corrected chi connectivity index (χ3v) is 5.87. The zero-order chi connectivity index (χ0) is 16.5. The number of nitrogens with zero attached hydrogens (tertiary/aromatic N) is 1. The van der Waals surface area contributed by atoms with Gasteiger partial charge in [0.2, 0.25) is 10.0 Å². The second-order valence-electron chi connectivity index (χ2n) is 5.30. The largest absolute Gasteiger partial charge is 0.493 e. The van der Waals surface area contributed by atoms with Crippen LogP contribution in [0.1, 0.15) is 12.8 Å². The fraction of sp³-hybridized carbons (Fsp3) is 0.571. The average molecular weight is 369 g/mol. The van der Waals surface area contributed by atoms with E-state index in [0.29, 0.717) is 0 Å². The quantitative estimate of drug-likeness (QED) is 0.790. The van der Waals surface area contributed by atoms with Crippen LogP contribution in [-0.2, 0) is 10.0 Å². The molecule has 2 N–H and O–H groups in total. The fourth-order valence-electron chi connectivity index (χ4n) is 2.49. The average Bonchev–Trinajstić information content (AvgIpc) is 3.32. The second kappa shape index (κ2) is 7.65. The molecule has 1 fully saturated rings. The molecule has 1 aliphatic rings. The predicted octanol–water partition coefficient (Wildman–Crippen LogP) is 1.62. The first-order chi connectivity index (χ1) is 10.4. The van der Waals surface area contributed by atoms with Gasteiger partial charge in [-0.1, -0.05) is 0 Å². The summed E-state index contributed by atoms with van der Waals surface area (Å²) in [6.45, 7) is 0.204. The molecule has 0 saturated heterocycles. The van der Waals surface area contributed by atoms with Gasteiger partial charge in [0.25, 0.3) is 0 Å². The molecule has 0 radical (unpaired) electrons. The first-order valence-electron chi connectivity index (χ1n) is 6.96. The zero-order valence-corrected chi connectivity index (χ0v) is 14.9. The highest BCUT2D eigenvalue weighted by molar-refractivity contribution is 7.89. The van der Waals surface area contributed by atoms with Gasteiger partial charge in [-0.15, -0.1) is 12.4 Å². The Kier molecular flexibility index (Phi) is 6.64. The van der Waals surface area contributed by atoms with Crippen LogP contribution in [0.25, 0.3) is 0 Å². The number of hydrogen-bond donors (Lipinski definition) is 1. The smallest absolute Gasteiger partial charge is 0.246 e. The molecule has 0 amide bonds. The summed E-state index contributed by atoms with van der Waals surface area (Å²) in [4.78, 5) is -0.438. The highest BCUT2D eigenvalue weighted by Crippen LogP contribution is 2.38. The Balaban J connectivity index is 0.00000264. The minimum absolute atomic E-state index is 0. The Morgan fingerprint density at radius 1 is 1.30 bits per heavy atom. The van der Waals surface area contributed by atoms with Crippen LogP contribution in [-0.4, -0.2) is 46.6 Å². The number of methoxy groups -OCH3 is 2. The molecule has 1 atom stereocenters. The van der Waals surface area contributed by atoms with Crippen molar-refractivity contribution < 1.29 is 22.3 Å². The van der Waals surface area contributed by atoms with Crippen LogP contribution >= 0.6 is 12.4 Å². The van der Waals surface area contributed by atoms with Crippen LogP contribution in [0.2, 0.25) is 0 Å². The summed E-state index contributed by atoms with van der Waals surface area (Å²) in [5, 5.41) is 0. The van der Waals surface area contributed by atoms with Crippen LogP contribution in [0.5, 0.6) is 11.5 Å². The number of sulfonamides is 1. The predicted molar refractivity (Wildman–Crippen MR) is 87.3 cm³/mol. The Hall–Kier alpha value is -1.09. The molecule has 0 heterocycles. The van der Waals surface area contributed by atoms with Gasteiger partial charge in [-0.25, -0.2) is 12.8 Å². The summed E-state index contributed by atoms with van der Waals surface area (Å²) in [5.41, 5.74) is 5.68. The molecular weight excluding hydrogens is 347 g/mol. The highest BCUT2D eigenvalue weighted by Gasteiger charge is 2.39. The van der Waals surface area contributed by atoms with Crippen molar-refractivity contribution in [2.75, 3.05) is 27.8 Å². The van der Waals surface area contributed by atoms with Gasteiger partial charge in [0.15, 0.2) is 11.5 Å². The number of hydrogen-bond acceptors (Lipinski definition) is 5. The second-order valence-corrected chi connectivity index (χ2v) is 7.27. The first kappa shape index (κ1) is 20.0. The SMILES string of the molecule is COc1cc(F)c(S(=O)(=O)N(C)C(CN)C2CC2)cc1OC.Cl. The highest BCUT2D eigenvalue weighted by atomic mass is 35.5. The Bertz CT molecular complexity index is 652. The van der Waals surface area contributed by atoms with E-state index in [1.54, 1.807) is 0 Å². The lowest BCUT2D eigenvalue weighted by molar-refractivity contribution is 0.335. The number of halogens is 2. The van der Waals surface area contributed by atoms with Gasteiger partial charge in [-0.05, 0) is 18.8 Å². The van der Waals surface area contributed by atoms with E-state index in [-0.39, 0.29) is 42.4 Å². The van der Waals surface area contributed by atoms with E-state index in [9.17, 15) is 12.8 Å². The van der Waals surface area contributed by atoms with Gasteiger partial charge in [-0.3, -0.25) is 0 Å². The van der Waals surface area contributed by atoms with E-state index in [1.165, 1.54) is 21.3 Å². The van der Waals surface area contributed by atoms with E-state index >= 15 is 0 Å². The number of ether oxygens (including phenoxy) is 2. The molecule has 1 aromatic rings. The fourth-order valence-corrected chi connectivity index (χ4v) is 3.97. The molecular formula is C14H22ClFN2O4S. The van der Waals surface area contributed by atoms with Crippen molar-refractivity contribution in [1.82, 2.24) is 4.31 Å². The monoisotopic (exact) mass is 368 g/mol. The first-order valence-corrected chi connectivity index (χ1v) is 8.40. The Labute approximate surface area is 142 Å². The van der Waals surface area contributed by atoms with Crippen LogP contribution in [0.15, 0.2) is 17.0 Å². The van der Waals surface area contributed by atoms with Crippen LogP contribution in [0.3, 0.4) is 0 Å². The molecule has 2 rings (SSSR count). The van der Waals surface area contributed by atoms with Crippen LogP contribution in [0, 0.1) is 11.7 Å². The van der Waals surface area contributed by atoms with Crippen molar-refractivity contribution in [2.24, 2.45) is 11.7 Å². The van der Waals surface area contributed by atoms with E-state index in [1.807, 2.05) is 0 Å². The molecule has 1 aliphatic carbocycles. The number of nitrogens with two attached hydrogens (primary N) is 1. The van der Waals surface area contributed by atoms with Crippen molar-refractivity contribution >= 4 is 22.4 Å². The summed E-state index contributed by atoms with van der Waals surface area (Å²) in [5.74, 6) is -0.338. The zero-order valence-electron chi connectivity index (χ0n) is 13.3. The minimum Gasteiger partial charge on any atom is -0.493 e. The molecule has 9 heteroatoms. The van der Waals surface area contributed by atoms with Crippen molar-refractivity contribution in [3.63, 3.8) is 0 Å². The molecule has 1 unspecified atom stereocenters. The lowest BCUT2D eigenvalue weighted by Crippen LogP contribution is -2.43. The summed E-state index contributed by atoms with van der Waals surface area (Å²) in [7, 11) is 0.151. The van der Waals surface area contributed by atoms with Gasteiger partial charge >= 0.3 is 0 Å².